The van der Waals surface area contributed by atoms with Crippen molar-refractivity contribution in [2.45, 2.75) is 24.8 Å². The number of nitrogens with zero attached hydrogens (tertiary/aromatic N) is 2. The van der Waals surface area contributed by atoms with Crippen LogP contribution in [0.15, 0.2) is 22.7 Å². The molecule has 1 aliphatic heterocycles. The van der Waals surface area contributed by atoms with Gasteiger partial charge in [0.15, 0.2) is 5.82 Å². The summed E-state index contributed by atoms with van der Waals surface area (Å²) in [6.07, 6.45) is 0.370. The summed E-state index contributed by atoms with van der Waals surface area (Å²) in [6, 6.07) is 4.05. The molecule has 1 aromatic carbocycles. The molecule has 2 atom stereocenters. The van der Waals surface area contributed by atoms with Crippen LogP contribution in [0.25, 0.3) is 0 Å². The number of aromatic nitrogens is 2. The Morgan fingerprint density at radius 3 is 3.00 bits per heavy atom. The van der Waals surface area contributed by atoms with Crippen molar-refractivity contribution < 1.29 is 13.7 Å². The average molecular weight is 312 g/mol. The quantitative estimate of drug-likeness (QED) is 0.939. The molecule has 0 bridgehead atoms. The molecule has 1 aliphatic rings. The van der Waals surface area contributed by atoms with E-state index in [1.54, 1.807) is 6.07 Å². The van der Waals surface area contributed by atoms with Crippen molar-refractivity contribution in [2.75, 3.05) is 13.2 Å². The monoisotopic (exact) mass is 311 g/mol. The molecule has 0 radical (unpaired) electrons. The lowest BCUT2D eigenvalue weighted by Gasteiger charge is -2.21. The Bertz CT molecular complexity index is 663. The molecule has 112 valence electrons. The van der Waals surface area contributed by atoms with E-state index in [1.807, 2.05) is 6.92 Å². The predicted molar refractivity (Wildman–Crippen MR) is 74.7 cm³/mol. The highest BCUT2D eigenvalue weighted by atomic mass is 35.5. The fraction of sp³-hybridized carbons (Fsp3) is 0.429. The third kappa shape index (κ3) is 2.66. The number of rotatable bonds is 3. The van der Waals surface area contributed by atoms with E-state index < -0.39 is 5.41 Å². The van der Waals surface area contributed by atoms with Gasteiger partial charge in [0.25, 0.3) is 0 Å². The lowest BCUT2D eigenvalue weighted by atomic mass is 9.86. The number of benzene rings is 1. The summed E-state index contributed by atoms with van der Waals surface area (Å²) in [5, 5.41) is 4.29. The van der Waals surface area contributed by atoms with Gasteiger partial charge in [0, 0.05) is 17.5 Å². The van der Waals surface area contributed by atoms with Crippen LogP contribution in [0.1, 0.15) is 24.2 Å². The van der Waals surface area contributed by atoms with Gasteiger partial charge in [-0.25, -0.2) is 4.39 Å². The number of hydrogen-bond acceptors (Lipinski definition) is 5. The van der Waals surface area contributed by atoms with Gasteiger partial charge in [-0.1, -0.05) is 22.8 Å². The zero-order valence-electron chi connectivity index (χ0n) is 11.5. The van der Waals surface area contributed by atoms with Gasteiger partial charge < -0.3 is 15.0 Å². The standard InChI is InChI=1S/C14H15ClFN3O2/c1-14(7-20-6-11(14)17)13-18-12(19-21-13)4-8-2-3-9(16)5-10(8)15/h2-3,5,11H,4,6-7,17H2,1H3. The molecule has 1 fully saturated rings. The van der Waals surface area contributed by atoms with Crippen molar-refractivity contribution in [3.63, 3.8) is 0 Å². The Balaban J connectivity index is 1.82. The van der Waals surface area contributed by atoms with Gasteiger partial charge in [-0.3, -0.25) is 0 Å². The summed E-state index contributed by atoms with van der Waals surface area (Å²) in [6.45, 7) is 2.86. The summed E-state index contributed by atoms with van der Waals surface area (Å²) in [5.74, 6) is 0.568. The number of halogens is 2. The lowest BCUT2D eigenvalue weighted by Crippen LogP contribution is -2.42. The van der Waals surface area contributed by atoms with E-state index in [0.717, 1.165) is 5.56 Å². The minimum absolute atomic E-state index is 0.180. The molecule has 5 nitrogen and oxygen atoms in total. The van der Waals surface area contributed by atoms with E-state index in [4.69, 9.17) is 26.6 Å². The van der Waals surface area contributed by atoms with Gasteiger partial charge in [0.1, 0.15) is 5.82 Å². The van der Waals surface area contributed by atoms with Crippen LogP contribution in [-0.2, 0) is 16.6 Å². The van der Waals surface area contributed by atoms with Crippen LogP contribution in [0.3, 0.4) is 0 Å². The smallest absolute Gasteiger partial charge is 0.236 e. The average Bonchev–Trinajstić information content (AvgIpc) is 3.02. The molecule has 0 saturated carbocycles. The second kappa shape index (κ2) is 5.36. The summed E-state index contributed by atoms with van der Waals surface area (Å²) >= 11 is 6.00. The van der Waals surface area contributed by atoms with Gasteiger partial charge in [0.05, 0.1) is 18.6 Å². The summed E-state index contributed by atoms with van der Waals surface area (Å²) in [7, 11) is 0. The first-order valence-corrected chi connectivity index (χ1v) is 6.97. The first kappa shape index (κ1) is 14.4. The molecule has 1 aromatic heterocycles. The molecule has 0 aliphatic carbocycles. The van der Waals surface area contributed by atoms with Crippen LogP contribution in [-0.4, -0.2) is 29.4 Å². The van der Waals surface area contributed by atoms with Gasteiger partial charge in [-0.15, -0.1) is 0 Å². The van der Waals surface area contributed by atoms with Crippen molar-refractivity contribution >= 4 is 11.6 Å². The molecule has 21 heavy (non-hydrogen) atoms. The van der Waals surface area contributed by atoms with Crippen LogP contribution < -0.4 is 5.73 Å². The summed E-state index contributed by atoms with van der Waals surface area (Å²) in [5.41, 5.74) is 6.30. The van der Waals surface area contributed by atoms with E-state index in [-0.39, 0.29) is 11.9 Å². The molecule has 2 heterocycles. The highest BCUT2D eigenvalue weighted by Gasteiger charge is 2.44. The molecular formula is C14H15ClFN3O2. The van der Waals surface area contributed by atoms with Crippen molar-refractivity contribution in [1.82, 2.24) is 10.1 Å². The minimum atomic E-state index is -0.474. The maximum atomic E-state index is 13.0. The maximum Gasteiger partial charge on any atom is 0.236 e. The lowest BCUT2D eigenvalue weighted by molar-refractivity contribution is 0.169. The van der Waals surface area contributed by atoms with E-state index in [1.165, 1.54) is 12.1 Å². The molecule has 2 N–H and O–H groups in total. The Morgan fingerprint density at radius 1 is 1.52 bits per heavy atom. The Labute approximate surface area is 126 Å². The predicted octanol–water partition coefficient (Wildman–Crippen LogP) is 2.07. The van der Waals surface area contributed by atoms with E-state index in [0.29, 0.717) is 36.4 Å². The molecule has 2 unspecified atom stereocenters. The van der Waals surface area contributed by atoms with Gasteiger partial charge >= 0.3 is 0 Å². The van der Waals surface area contributed by atoms with Crippen LogP contribution in [0, 0.1) is 5.82 Å². The number of nitrogens with two attached hydrogens (primary N) is 1. The Kier molecular flexibility index (Phi) is 3.69. The topological polar surface area (TPSA) is 74.2 Å². The molecule has 2 aromatic rings. The summed E-state index contributed by atoms with van der Waals surface area (Å²) in [4.78, 5) is 4.38. The maximum absolute atomic E-state index is 13.0. The van der Waals surface area contributed by atoms with Crippen LogP contribution in [0.5, 0.6) is 0 Å². The van der Waals surface area contributed by atoms with Crippen molar-refractivity contribution in [2.24, 2.45) is 5.73 Å². The second-order valence-corrected chi connectivity index (χ2v) is 5.87. The first-order chi connectivity index (χ1) is 9.99. The van der Waals surface area contributed by atoms with Crippen molar-refractivity contribution in [3.8, 4) is 0 Å². The van der Waals surface area contributed by atoms with Gasteiger partial charge in [0.2, 0.25) is 5.89 Å². The minimum Gasteiger partial charge on any atom is -0.379 e. The van der Waals surface area contributed by atoms with Crippen LogP contribution in [0.2, 0.25) is 5.02 Å². The number of hydrogen-bond donors (Lipinski definition) is 1. The fourth-order valence-corrected chi connectivity index (χ4v) is 2.54. The SMILES string of the molecule is CC1(c2nc(Cc3ccc(F)cc3Cl)no2)COCC1N. The second-order valence-electron chi connectivity index (χ2n) is 5.47. The Hall–Kier alpha value is -1.50. The van der Waals surface area contributed by atoms with E-state index >= 15 is 0 Å². The third-order valence-corrected chi connectivity index (χ3v) is 4.19. The van der Waals surface area contributed by atoms with Crippen LogP contribution >= 0.6 is 11.6 Å². The summed E-state index contributed by atoms with van der Waals surface area (Å²) < 4.78 is 23.7. The van der Waals surface area contributed by atoms with Gasteiger partial charge in [-0.05, 0) is 24.6 Å². The largest absolute Gasteiger partial charge is 0.379 e. The molecule has 1 saturated heterocycles. The van der Waals surface area contributed by atoms with E-state index in [9.17, 15) is 4.39 Å². The molecule has 3 rings (SSSR count). The molecule has 0 spiro atoms. The molecule has 0 amide bonds. The highest BCUT2D eigenvalue weighted by molar-refractivity contribution is 6.31. The molecular weight excluding hydrogens is 297 g/mol. The highest BCUT2D eigenvalue weighted by Crippen LogP contribution is 2.31. The zero-order chi connectivity index (χ0) is 15.0. The van der Waals surface area contributed by atoms with Crippen molar-refractivity contribution in [3.05, 3.63) is 46.3 Å². The zero-order valence-corrected chi connectivity index (χ0v) is 12.2. The van der Waals surface area contributed by atoms with Crippen molar-refractivity contribution in [1.29, 1.82) is 0 Å². The first-order valence-electron chi connectivity index (χ1n) is 6.59. The fourth-order valence-electron chi connectivity index (χ4n) is 2.30. The number of ether oxygens (including phenoxy) is 1. The van der Waals surface area contributed by atoms with Crippen LogP contribution in [0.4, 0.5) is 4.39 Å². The van der Waals surface area contributed by atoms with Gasteiger partial charge in [-0.2, -0.15) is 4.98 Å². The van der Waals surface area contributed by atoms with E-state index in [2.05, 4.69) is 10.1 Å². The normalized spacial score (nSPS) is 25.4. The molecule has 7 heteroatoms. The Morgan fingerprint density at radius 2 is 2.33 bits per heavy atom. The third-order valence-electron chi connectivity index (χ3n) is 3.84.